The van der Waals surface area contributed by atoms with Gasteiger partial charge in [0.25, 0.3) is 5.91 Å². The van der Waals surface area contributed by atoms with Gasteiger partial charge in [0.05, 0.1) is 0 Å². The van der Waals surface area contributed by atoms with Gasteiger partial charge in [-0.05, 0) is 48.7 Å². The largest absolute Gasteiger partial charge is 0.573 e. The van der Waals surface area contributed by atoms with E-state index in [9.17, 15) is 18.0 Å². The molecular formula is C19H16F3NO4. The minimum Gasteiger partial charge on any atom is -0.485 e. The van der Waals surface area contributed by atoms with Crippen molar-refractivity contribution in [2.75, 3.05) is 18.1 Å². The molecular weight excluding hydrogens is 363 g/mol. The zero-order valence-corrected chi connectivity index (χ0v) is 14.2. The summed E-state index contributed by atoms with van der Waals surface area (Å²) in [6.07, 6.45) is -4.35. The Hall–Kier alpha value is -2.90. The summed E-state index contributed by atoms with van der Waals surface area (Å²) in [5.74, 6) is 0.500. The average molecular weight is 379 g/mol. The second kappa shape index (κ2) is 6.68. The van der Waals surface area contributed by atoms with Crippen molar-refractivity contribution in [3.05, 3.63) is 48.0 Å². The maximum Gasteiger partial charge on any atom is 0.573 e. The van der Waals surface area contributed by atoms with Crippen LogP contribution in [0.3, 0.4) is 0 Å². The molecule has 0 aliphatic carbocycles. The molecule has 2 aromatic carbocycles. The first-order valence-electron chi connectivity index (χ1n) is 8.49. The molecule has 0 fully saturated rings. The molecule has 8 heteroatoms. The molecule has 0 aromatic heterocycles. The predicted octanol–water partition coefficient (Wildman–Crippen LogP) is 3.70. The van der Waals surface area contributed by atoms with Crippen LogP contribution in [0.25, 0.3) is 0 Å². The lowest BCUT2D eigenvalue weighted by Crippen LogP contribution is -2.48. The molecule has 1 atom stereocenters. The Kier molecular flexibility index (Phi) is 4.33. The van der Waals surface area contributed by atoms with E-state index >= 15 is 0 Å². The zero-order valence-electron chi connectivity index (χ0n) is 14.2. The molecule has 142 valence electrons. The van der Waals surface area contributed by atoms with E-state index < -0.39 is 12.5 Å². The van der Waals surface area contributed by atoms with Crippen LogP contribution in [0.4, 0.5) is 18.9 Å². The highest BCUT2D eigenvalue weighted by atomic mass is 19.4. The Morgan fingerprint density at radius 3 is 2.70 bits per heavy atom. The third kappa shape index (κ3) is 3.65. The summed E-state index contributed by atoms with van der Waals surface area (Å²) in [6, 6.07) is 11.1. The van der Waals surface area contributed by atoms with E-state index in [0.29, 0.717) is 42.1 Å². The number of alkyl halides is 3. The molecule has 0 saturated heterocycles. The van der Waals surface area contributed by atoms with Crippen LogP contribution < -0.4 is 19.1 Å². The van der Waals surface area contributed by atoms with Crippen molar-refractivity contribution in [2.24, 2.45) is 0 Å². The number of carbonyl (C=O) groups excluding carboxylic acids is 1. The third-order valence-electron chi connectivity index (χ3n) is 4.45. The summed E-state index contributed by atoms with van der Waals surface area (Å²) in [6.45, 7) is 0.545. The number of rotatable bonds is 2. The second-order valence-corrected chi connectivity index (χ2v) is 6.30. The minimum absolute atomic E-state index is 0.0803. The lowest BCUT2D eigenvalue weighted by molar-refractivity contribution is -0.274. The molecule has 0 N–H and O–H groups in total. The molecule has 4 rings (SSSR count). The number of amides is 1. The highest BCUT2D eigenvalue weighted by Crippen LogP contribution is 2.35. The van der Waals surface area contributed by atoms with Crippen molar-refractivity contribution < 1.29 is 32.2 Å². The van der Waals surface area contributed by atoms with Gasteiger partial charge in [-0.3, -0.25) is 4.79 Å². The number of carbonyl (C=O) groups is 1. The van der Waals surface area contributed by atoms with Gasteiger partial charge in [0.2, 0.25) is 6.10 Å². The minimum atomic E-state index is -4.75. The van der Waals surface area contributed by atoms with Gasteiger partial charge in [0, 0.05) is 12.2 Å². The molecule has 2 aromatic rings. The zero-order chi connectivity index (χ0) is 19.0. The third-order valence-corrected chi connectivity index (χ3v) is 4.45. The Morgan fingerprint density at radius 1 is 1.15 bits per heavy atom. The number of nitrogens with zero attached hydrogens (tertiary/aromatic N) is 1. The van der Waals surface area contributed by atoms with E-state index in [0.717, 1.165) is 0 Å². The lowest BCUT2D eigenvalue weighted by Gasteiger charge is -2.34. The Labute approximate surface area is 153 Å². The highest BCUT2D eigenvalue weighted by molar-refractivity contribution is 5.98. The van der Waals surface area contributed by atoms with Gasteiger partial charge in [-0.15, -0.1) is 13.2 Å². The normalized spacial score (nSPS) is 18.6. The molecule has 1 amide bonds. The van der Waals surface area contributed by atoms with E-state index in [-0.39, 0.29) is 18.3 Å². The molecule has 0 radical (unpaired) electrons. The maximum absolute atomic E-state index is 12.9. The van der Waals surface area contributed by atoms with E-state index in [1.54, 1.807) is 18.2 Å². The maximum atomic E-state index is 12.9. The fourth-order valence-corrected chi connectivity index (χ4v) is 3.31. The fourth-order valence-electron chi connectivity index (χ4n) is 3.31. The Balaban J connectivity index is 1.55. The van der Waals surface area contributed by atoms with Crippen molar-refractivity contribution in [2.45, 2.75) is 25.3 Å². The van der Waals surface area contributed by atoms with Crippen LogP contribution in [0.2, 0.25) is 0 Å². The lowest BCUT2D eigenvalue weighted by atomic mass is 10.0. The summed E-state index contributed by atoms with van der Waals surface area (Å²) < 4.78 is 52.6. The summed E-state index contributed by atoms with van der Waals surface area (Å²) >= 11 is 0. The SMILES string of the molecule is O=C(C1COc2ccccc2O1)N1CCCc2cc(OC(F)(F)F)ccc21. The van der Waals surface area contributed by atoms with Gasteiger partial charge in [-0.25, -0.2) is 0 Å². The number of halogens is 3. The molecule has 27 heavy (non-hydrogen) atoms. The molecule has 0 saturated carbocycles. The first-order valence-corrected chi connectivity index (χ1v) is 8.49. The van der Waals surface area contributed by atoms with Crippen LogP contribution in [-0.2, 0) is 11.2 Å². The van der Waals surface area contributed by atoms with Crippen LogP contribution in [0.15, 0.2) is 42.5 Å². The Morgan fingerprint density at radius 2 is 1.93 bits per heavy atom. The number of hydrogen-bond donors (Lipinski definition) is 0. The van der Waals surface area contributed by atoms with Crippen molar-refractivity contribution in [1.29, 1.82) is 0 Å². The summed E-state index contributed by atoms with van der Waals surface area (Å²) in [7, 11) is 0. The van der Waals surface area contributed by atoms with E-state index in [2.05, 4.69) is 4.74 Å². The molecule has 2 aliphatic rings. The number of para-hydroxylation sites is 2. The number of aryl methyl sites for hydroxylation is 1. The fraction of sp³-hybridized carbons (Fsp3) is 0.316. The summed E-state index contributed by atoms with van der Waals surface area (Å²) in [5.41, 5.74) is 1.21. The molecule has 5 nitrogen and oxygen atoms in total. The van der Waals surface area contributed by atoms with Gasteiger partial charge in [-0.1, -0.05) is 12.1 Å². The Bertz CT molecular complexity index is 868. The van der Waals surface area contributed by atoms with E-state index in [1.807, 2.05) is 6.07 Å². The van der Waals surface area contributed by atoms with Gasteiger partial charge < -0.3 is 19.1 Å². The van der Waals surface area contributed by atoms with Crippen LogP contribution in [-0.4, -0.2) is 31.5 Å². The molecule has 2 aliphatic heterocycles. The number of ether oxygens (including phenoxy) is 3. The molecule has 2 heterocycles. The smallest absolute Gasteiger partial charge is 0.485 e. The molecule has 1 unspecified atom stereocenters. The summed E-state index contributed by atoms with van der Waals surface area (Å²) in [4.78, 5) is 14.5. The molecule has 0 spiro atoms. The predicted molar refractivity (Wildman–Crippen MR) is 90.2 cm³/mol. The molecule has 0 bridgehead atoms. The summed E-state index contributed by atoms with van der Waals surface area (Å²) in [5, 5.41) is 0. The van der Waals surface area contributed by atoms with Crippen LogP contribution >= 0.6 is 0 Å². The van der Waals surface area contributed by atoms with E-state index in [4.69, 9.17) is 9.47 Å². The van der Waals surface area contributed by atoms with Gasteiger partial charge in [0.1, 0.15) is 12.4 Å². The average Bonchev–Trinajstić information content (AvgIpc) is 2.65. The van der Waals surface area contributed by atoms with E-state index in [1.165, 1.54) is 23.1 Å². The van der Waals surface area contributed by atoms with Crippen molar-refractivity contribution in [3.8, 4) is 17.2 Å². The number of fused-ring (bicyclic) bond motifs is 2. The van der Waals surface area contributed by atoms with Gasteiger partial charge >= 0.3 is 6.36 Å². The van der Waals surface area contributed by atoms with Crippen LogP contribution in [0, 0.1) is 0 Å². The monoisotopic (exact) mass is 379 g/mol. The number of anilines is 1. The topological polar surface area (TPSA) is 48.0 Å². The van der Waals surface area contributed by atoms with Crippen molar-refractivity contribution in [1.82, 2.24) is 0 Å². The standard InChI is InChI=1S/C19H16F3NO4/c20-19(21,22)27-13-7-8-14-12(10-13)4-3-9-23(14)18(24)17-11-25-15-5-1-2-6-16(15)26-17/h1-2,5-8,10,17H,3-4,9,11H2. The number of hydrogen-bond acceptors (Lipinski definition) is 4. The highest BCUT2D eigenvalue weighted by Gasteiger charge is 2.35. The van der Waals surface area contributed by atoms with Gasteiger partial charge in [-0.2, -0.15) is 0 Å². The van der Waals surface area contributed by atoms with Crippen LogP contribution in [0.1, 0.15) is 12.0 Å². The van der Waals surface area contributed by atoms with Gasteiger partial charge in [0.15, 0.2) is 11.5 Å². The van der Waals surface area contributed by atoms with Crippen LogP contribution in [0.5, 0.6) is 17.2 Å². The van der Waals surface area contributed by atoms with Crippen molar-refractivity contribution in [3.63, 3.8) is 0 Å². The first kappa shape index (κ1) is 17.5. The quantitative estimate of drug-likeness (QED) is 0.798. The van der Waals surface area contributed by atoms with Crippen molar-refractivity contribution >= 4 is 11.6 Å². The second-order valence-electron chi connectivity index (χ2n) is 6.30. The number of benzene rings is 2. The first-order chi connectivity index (χ1) is 12.9.